The van der Waals surface area contributed by atoms with Crippen LogP contribution in [0.15, 0.2) is 60.7 Å². The van der Waals surface area contributed by atoms with E-state index < -0.39 is 5.97 Å². The summed E-state index contributed by atoms with van der Waals surface area (Å²) in [5, 5.41) is 12.1. The second-order valence-corrected chi connectivity index (χ2v) is 8.15. The minimum atomic E-state index is -0.827. The van der Waals surface area contributed by atoms with Gasteiger partial charge in [-0.05, 0) is 64.9 Å². The van der Waals surface area contributed by atoms with Crippen LogP contribution in [0.5, 0.6) is 11.5 Å². The van der Waals surface area contributed by atoms with Crippen LogP contribution >= 0.6 is 0 Å². The third-order valence-corrected chi connectivity index (χ3v) is 5.92. The predicted octanol–water partition coefficient (Wildman–Crippen LogP) is 4.94. The van der Waals surface area contributed by atoms with Gasteiger partial charge in [0.15, 0.2) is 0 Å². The number of hydrogen-bond acceptors (Lipinski definition) is 5. The maximum absolute atomic E-state index is 10.9. The van der Waals surface area contributed by atoms with E-state index in [9.17, 15) is 4.79 Å². The van der Waals surface area contributed by atoms with E-state index >= 15 is 0 Å². The van der Waals surface area contributed by atoms with Crippen molar-refractivity contribution in [2.24, 2.45) is 0 Å². The molecule has 6 heteroatoms. The highest BCUT2D eigenvalue weighted by Crippen LogP contribution is 2.34. The molecule has 4 rings (SSSR count). The standard InChI is InChI=1S/C27H29NO5/c1-31-23-14-20(15-24(16-23)32-2)26-8-7-22(28-10-9-27(29)30)11-21(26)17-33-25-12-18-5-3-4-6-19(18)13-25/h3-8,11,14-16,25,28H,9-10,12-13,17H2,1-2H3,(H,29,30). The first-order valence-corrected chi connectivity index (χ1v) is 11.1. The SMILES string of the molecule is COc1cc(OC)cc(-c2ccc(NCCC(=O)O)cc2COC2Cc3ccccc3C2)c1. The Hall–Kier alpha value is -3.51. The van der Waals surface area contributed by atoms with Gasteiger partial charge in [0.2, 0.25) is 0 Å². The average Bonchev–Trinajstić information content (AvgIpc) is 3.25. The van der Waals surface area contributed by atoms with Crippen molar-refractivity contribution in [3.05, 3.63) is 77.4 Å². The van der Waals surface area contributed by atoms with E-state index in [0.717, 1.165) is 35.2 Å². The zero-order chi connectivity index (χ0) is 23.2. The molecule has 0 bridgehead atoms. The van der Waals surface area contributed by atoms with Gasteiger partial charge in [0.25, 0.3) is 0 Å². The van der Waals surface area contributed by atoms with Crippen LogP contribution in [-0.2, 0) is 29.0 Å². The van der Waals surface area contributed by atoms with Gasteiger partial charge < -0.3 is 24.6 Å². The van der Waals surface area contributed by atoms with Crippen LogP contribution in [0.2, 0.25) is 0 Å². The molecule has 172 valence electrons. The van der Waals surface area contributed by atoms with Crippen molar-refractivity contribution < 1.29 is 24.1 Å². The van der Waals surface area contributed by atoms with Gasteiger partial charge in [-0.3, -0.25) is 4.79 Å². The fourth-order valence-electron chi connectivity index (χ4n) is 4.23. The molecule has 0 fully saturated rings. The maximum Gasteiger partial charge on any atom is 0.305 e. The molecular formula is C27H29NO5. The normalized spacial score (nSPS) is 12.9. The molecule has 3 aromatic carbocycles. The van der Waals surface area contributed by atoms with Gasteiger partial charge in [0.1, 0.15) is 11.5 Å². The summed E-state index contributed by atoms with van der Waals surface area (Å²) in [5.74, 6) is 0.601. The number of carboxylic acids is 1. The third-order valence-electron chi connectivity index (χ3n) is 5.92. The largest absolute Gasteiger partial charge is 0.497 e. The van der Waals surface area contributed by atoms with E-state index in [0.29, 0.717) is 24.7 Å². The van der Waals surface area contributed by atoms with Crippen molar-refractivity contribution >= 4 is 11.7 Å². The number of ether oxygens (including phenoxy) is 3. The Labute approximate surface area is 194 Å². The van der Waals surface area contributed by atoms with E-state index in [4.69, 9.17) is 19.3 Å². The van der Waals surface area contributed by atoms with Crippen molar-refractivity contribution in [1.82, 2.24) is 0 Å². The Kier molecular flexibility index (Phi) is 7.15. The summed E-state index contributed by atoms with van der Waals surface area (Å²) in [5.41, 5.74) is 6.57. The van der Waals surface area contributed by atoms with Crippen molar-refractivity contribution in [3.63, 3.8) is 0 Å². The molecule has 33 heavy (non-hydrogen) atoms. The average molecular weight is 448 g/mol. The number of carboxylic acid groups (broad SMARTS) is 1. The van der Waals surface area contributed by atoms with Crippen LogP contribution < -0.4 is 14.8 Å². The van der Waals surface area contributed by atoms with Gasteiger partial charge in [0, 0.05) is 18.3 Å². The van der Waals surface area contributed by atoms with Gasteiger partial charge in [-0.15, -0.1) is 0 Å². The molecule has 0 heterocycles. The zero-order valence-corrected chi connectivity index (χ0v) is 19.0. The monoisotopic (exact) mass is 447 g/mol. The lowest BCUT2D eigenvalue weighted by Gasteiger charge is -2.17. The lowest BCUT2D eigenvalue weighted by molar-refractivity contribution is -0.136. The molecule has 0 radical (unpaired) electrons. The molecule has 2 N–H and O–H groups in total. The number of hydrogen-bond donors (Lipinski definition) is 2. The van der Waals surface area contributed by atoms with Gasteiger partial charge in [-0.25, -0.2) is 0 Å². The van der Waals surface area contributed by atoms with E-state index in [-0.39, 0.29) is 12.5 Å². The summed E-state index contributed by atoms with van der Waals surface area (Å²) in [6.45, 7) is 0.807. The second kappa shape index (κ2) is 10.4. The Morgan fingerprint density at radius 1 is 0.970 bits per heavy atom. The molecule has 1 aliphatic carbocycles. The minimum absolute atomic E-state index is 0.0565. The lowest BCUT2D eigenvalue weighted by Crippen LogP contribution is -2.13. The molecule has 3 aromatic rings. The molecule has 6 nitrogen and oxygen atoms in total. The van der Waals surface area contributed by atoms with Crippen LogP contribution in [0.3, 0.4) is 0 Å². The summed E-state index contributed by atoms with van der Waals surface area (Å²) < 4.78 is 17.3. The molecule has 0 aromatic heterocycles. The van der Waals surface area contributed by atoms with E-state index in [1.54, 1.807) is 14.2 Å². The van der Waals surface area contributed by atoms with Crippen molar-refractivity contribution in [2.75, 3.05) is 26.1 Å². The number of aliphatic carboxylic acids is 1. The van der Waals surface area contributed by atoms with E-state index in [1.807, 2.05) is 36.4 Å². The third kappa shape index (κ3) is 5.65. The first-order valence-electron chi connectivity index (χ1n) is 11.1. The van der Waals surface area contributed by atoms with Crippen LogP contribution in [0.4, 0.5) is 5.69 Å². The number of fused-ring (bicyclic) bond motifs is 1. The number of carbonyl (C=O) groups is 1. The first-order chi connectivity index (χ1) is 16.1. The summed E-state index contributed by atoms with van der Waals surface area (Å²) in [4.78, 5) is 10.9. The molecule has 0 spiro atoms. The highest BCUT2D eigenvalue weighted by molar-refractivity contribution is 5.73. The number of rotatable bonds is 10. The lowest BCUT2D eigenvalue weighted by atomic mass is 9.98. The maximum atomic E-state index is 10.9. The van der Waals surface area contributed by atoms with Gasteiger partial charge in [0.05, 0.1) is 33.4 Å². The number of nitrogens with one attached hydrogen (secondary N) is 1. The van der Waals surface area contributed by atoms with Gasteiger partial charge >= 0.3 is 5.97 Å². The zero-order valence-electron chi connectivity index (χ0n) is 19.0. The molecule has 0 unspecified atom stereocenters. The Morgan fingerprint density at radius 3 is 2.24 bits per heavy atom. The summed E-state index contributed by atoms with van der Waals surface area (Å²) >= 11 is 0. The predicted molar refractivity (Wildman–Crippen MR) is 128 cm³/mol. The number of benzene rings is 3. The molecule has 0 aliphatic heterocycles. The van der Waals surface area contributed by atoms with Gasteiger partial charge in [-0.1, -0.05) is 30.3 Å². The number of methoxy groups -OCH3 is 2. The summed E-state index contributed by atoms with van der Waals surface area (Å²) in [7, 11) is 3.27. The van der Waals surface area contributed by atoms with Crippen LogP contribution in [0, 0.1) is 0 Å². The van der Waals surface area contributed by atoms with Gasteiger partial charge in [-0.2, -0.15) is 0 Å². The van der Waals surface area contributed by atoms with Crippen molar-refractivity contribution in [1.29, 1.82) is 0 Å². The van der Waals surface area contributed by atoms with Crippen molar-refractivity contribution in [2.45, 2.75) is 32.0 Å². The smallest absolute Gasteiger partial charge is 0.305 e. The molecular weight excluding hydrogens is 418 g/mol. The molecule has 1 aliphatic rings. The molecule has 0 saturated carbocycles. The summed E-state index contributed by atoms with van der Waals surface area (Å²) in [6.07, 6.45) is 2.02. The van der Waals surface area contributed by atoms with Crippen LogP contribution in [-0.4, -0.2) is 37.9 Å². The molecule has 0 atom stereocenters. The second-order valence-electron chi connectivity index (χ2n) is 8.15. The minimum Gasteiger partial charge on any atom is -0.497 e. The Bertz CT molecular complexity index is 1080. The van der Waals surface area contributed by atoms with Crippen LogP contribution in [0.1, 0.15) is 23.1 Å². The van der Waals surface area contributed by atoms with Crippen molar-refractivity contribution in [3.8, 4) is 22.6 Å². The molecule has 0 saturated heterocycles. The fraction of sp³-hybridized carbons (Fsp3) is 0.296. The fourth-order valence-corrected chi connectivity index (χ4v) is 4.23. The number of anilines is 1. The highest BCUT2D eigenvalue weighted by atomic mass is 16.5. The first kappa shape index (κ1) is 22.7. The Balaban J connectivity index is 1.58. The summed E-state index contributed by atoms with van der Waals surface area (Å²) in [6, 6.07) is 20.3. The Morgan fingerprint density at radius 2 is 1.64 bits per heavy atom. The van der Waals surface area contributed by atoms with Crippen LogP contribution in [0.25, 0.3) is 11.1 Å². The van der Waals surface area contributed by atoms with E-state index in [1.165, 1.54) is 11.1 Å². The molecule has 0 amide bonds. The highest BCUT2D eigenvalue weighted by Gasteiger charge is 2.22. The quantitative estimate of drug-likeness (QED) is 0.458. The van der Waals surface area contributed by atoms with E-state index in [2.05, 4.69) is 29.6 Å². The topological polar surface area (TPSA) is 77.0 Å².